The number of nitrogens with zero attached hydrogens (tertiary/aromatic N) is 1. The molecule has 5 nitrogen and oxygen atoms in total. The molecule has 5 heteroatoms. The molecule has 0 aromatic heterocycles. The van der Waals surface area contributed by atoms with Crippen molar-refractivity contribution >= 4 is 6.09 Å². The Labute approximate surface area is 197 Å². The van der Waals surface area contributed by atoms with E-state index in [1.54, 1.807) is 0 Å². The highest BCUT2D eigenvalue weighted by molar-refractivity contribution is 5.72. The molecule has 0 radical (unpaired) electrons. The summed E-state index contributed by atoms with van der Waals surface area (Å²) in [4.78, 5) is 15.3. The quantitative estimate of drug-likeness (QED) is 0.656. The van der Waals surface area contributed by atoms with Crippen molar-refractivity contribution in [3.05, 3.63) is 53.1 Å². The van der Waals surface area contributed by atoms with Crippen LogP contribution in [0.1, 0.15) is 56.3 Å². The molecule has 1 N–H and O–H groups in total. The number of fused-ring (bicyclic) bond motifs is 4. The van der Waals surface area contributed by atoms with E-state index < -0.39 is 0 Å². The lowest BCUT2D eigenvalue weighted by Crippen LogP contribution is -2.53. The van der Waals surface area contributed by atoms with Crippen LogP contribution in [0.15, 0.2) is 36.4 Å². The van der Waals surface area contributed by atoms with Gasteiger partial charge in [-0.1, -0.05) is 38.1 Å². The fourth-order valence-electron chi connectivity index (χ4n) is 6.05. The zero-order chi connectivity index (χ0) is 23.2. The summed E-state index contributed by atoms with van der Waals surface area (Å²) in [6.45, 7) is 12.4. The number of hydrogen-bond donors (Lipinski definition) is 1. The lowest BCUT2D eigenvalue weighted by atomic mass is 9.85. The molecule has 6 rings (SSSR count). The topological polar surface area (TPSA) is 50.8 Å². The van der Waals surface area contributed by atoms with E-state index in [1.807, 2.05) is 13.0 Å². The van der Waals surface area contributed by atoms with Crippen LogP contribution in [-0.4, -0.2) is 43.3 Å². The number of nitrogens with one attached hydrogen (secondary N) is 1. The van der Waals surface area contributed by atoms with Crippen molar-refractivity contribution < 1.29 is 14.3 Å². The van der Waals surface area contributed by atoms with Gasteiger partial charge in [0, 0.05) is 6.54 Å². The van der Waals surface area contributed by atoms with Gasteiger partial charge in [0.2, 0.25) is 0 Å². The predicted octanol–water partition coefficient (Wildman–Crippen LogP) is 5.50. The van der Waals surface area contributed by atoms with Crippen LogP contribution in [0.3, 0.4) is 0 Å². The maximum atomic E-state index is 12.9. The Morgan fingerprint density at radius 2 is 1.94 bits per heavy atom. The minimum atomic E-state index is -0.272. The summed E-state index contributed by atoms with van der Waals surface area (Å²) in [6, 6.07) is 12.9. The summed E-state index contributed by atoms with van der Waals surface area (Å²) in [5.41, 5.74) is 6.08. The molecule has 2 aromatic rings. The first-order valence-corrected chi connectivity index (χ1v) is 12.4. The standard InChI is InChI=1S/C28H36N2O3/c1-5-32-22-7-9-23(18(2)14-22)20-6-8-24-21(15-20)16-28(3,4)26(24)29-27(31)33-25-17-30-12-10-19(25)11-13-30/h6-9,14-15,19,25-26H,5,10-13,16-17H2,1-4H3,(H,29,31)/t25-,26?/m1/s1. The molecular weight excluding hydrogens is 412 g/mol. The third-order valence-electron chi connectivity index (χ3n) is 7.82. The molecule has 4 aliphatic rings. The first-order chi connectivity index (χ1) is 15.8. The van der Waals surface area contributed by atoms with Crippen LogP contribution in [0.5, 0.6) is 5.75 Å². The molecule has 2 aromatic carbocycles. The molecule has 3 heterocycles. The normalized spacial score (nSPS) is 27.2. The number of amides is 1. The van der Waals surface area contributed by atoms with E-state index in [4.69, 9.17) is 9.47 Å². The van der Waals surface area contributed by atoms with E-state index in [9.17, 15) is 4.79 Å². The molecular formula is C28H36N2O3. The highest BCUT2D eigenvalue weighted by atomic mass is 16.6. The number of carbonyl (C=O) groups is 1. The Morgan fingerprint density at radius 1 is 1.15 bits per heavy atom. The minimum Gasteiger partial charge on any atom is -0.494 e. The lowest BCUT2D eigenvalue weighted by molar-refractivity contribution is -0.0348. The van der Waals surface area contributed by atoms with Crippen LogP contribution in [0, 0.1) is 18.3 Å². The zero-order valence-corrected chi connectivity index (χ0v) is 20.3. The molecule has 3 saturated heterocycles. The van der Waals surface area contributed by atoms with Crippen LogP contribution in [0.25, 0.3) is 11.1 Å². The average Bonchev–Trinajstić information content (AvgIpc) is 3.03. The molecule has 176 valence electrons. The Hall–Kier alpha value is -2.53. The van der Waals surface area contributed by atoms with Gasteiger partial charge in [-0.2, -0.15) is 0 Å². The third kappa shape index (κ3) is 4.35. The van der Waals surface area contributed by atoms with E-state index in [2.05, 4.69) is 61.3 Å². The first kappa shape index (κ1) is 22.3. The van der Waals surface area contributed by atoms with Crippen LogP contribution < -0.4 is 10.1 Å². The number of rotatable bonds is 5. The molecule has 0 saturated carbocycles. The molecule has 0 spiro atoms. The highest BCUT2D eigenvalue weighted by Gasteiger charge is 2.42. The van der Waals surface area contributed by atoms with Gasteiger partial charge in [0.25, 0.3) is 0 Å². The minimum absolute atomic E-state index is 0.0292. The largest absolute Gasteiger partial charge is 0.494 e. The summed E-state index contributed by atoms with van der Waals surface area (Å²) >= 11 is 0. The molecule has 1 amide bonds. The van der Waals surface area contributed by atoms with Gasteiger partial charge >= 0.3 is 6.09 Å². The van der Waals surface area contributed by atoms with Crippen molar-refractivity contribution in [1.29, 1.82) is 0 Å². The van der Waals surface area contributed by atoms with Crippen molar-refractivity contribution in [3.8, 4) is 16.9 Å². The predicted molar refractivity (Wildman–Crippen MR) is 131 cm³/mol. The number of hydrogen-bond acceptors (Lipinski definition) is 4. The Balaban J connectivity index is 1.33. The van der Waals surface area contributed by atoms with Crippen molar-refractivity contribution in [2.24, 2.45) is 11.3 Å². The molecule has 33 heavy (non-hydrogen) atoms. The first-order valence-electron chi connectivity index (χ1n) is 12.4. The average molecular weight is 449 g/mol. The van der Waals surface area contributed by atoms with Crippen LogP contribution in [0.4, 0.5) is 4.79 Å². The zero-order valence-electron chi connectivity index (χ0n) is 20.3. The number of carbonyl (C=O) groups excluding carboxylic acids is 1. The lowest BCUT2D eigenvalue weighted by Gasteiger charge is -2.44. The van der Waals surface area contributed by atoms with Gasteiger partial charge < -0.3 is 14.8 Å². The van der Waals surface area contributed by atoms with Gasteiger partial charge in [0.05, 0.1) is 12.6 Å². The molecule has 3 aliphatic heterocycles. The van der Waals surface area contributed by atoms with Gasteiger partial charge in [-0.05, 0) is 97.5 Å². The second-order valence-corrected chi connectivity index (χ2v) is 10.6. The molecule has 3 fully saturated rings. The summed E-state index contributed by atoms with van der Waals surface area (Å²) < 4.78 is 11.6. The Bertz CT molecular complexity index is 1040. The van der Waals surface area contributed by atoms with Crippen molar-refractivity contribution in [2.45, 2.75) is 59.1 Å². The number of alkyl carbamates (subject to hydrolysis) is 1. The smallest absolute Gasteiger partial charge is 0.407 e. The van der Waals surface area contributed by atoms with E-state index in [0.717, 1.165) is 44.6 Å². The van der Waals surface area contributed by atoms with Crippen LogP contribution in [-0.2, 0) is 11.2 Å². The van der Waals surface area contributed by atoms with Gasteiger partial charge in [0.1, 0.15) is 11.9 Å². The van der Waals surface area contributed by atoms with Crippen LogP contribution in [0.2, 0.25) is 0 Å². The number of ether oxygens (including phenoxy) is 2. The second kappa shape index (κ2) is 8.68. The van der Waals surface area contributed by atoms with E-state index in [-0.39, 0.29) is 23.7 Å². The van der Waals surface area contributed by atoms with Gasteiger partial charge in [-0.25, -0.2) is 4.79 Å². The van der Waals surface area contributed by atoms with E-state index in [1.165, 1.54) is 27.8 Å². The van der Waals surface area contributed by atoms with E-state index >= 15 is 0 Å². The number of piperidine rings is 3. The second-order valence-electron chi connectivity index (χ2n) is 10.6. The van der Waals surface area contributed by atoms with E-state index in [0.29, 0.717) is 12.5 Å². The summed E-state index contributed by atoms with van der Waals surface area (Å²) in [5.74, 6) is 1.43. The van der Waals surface area contributed by atoms with Crippen LogP contribution >= 0.6 is 0 Å². The monoisotopic (exact) mass is 448 g/mol. The number of benzene rings is 2. The molecule has 1 aliphatic carbocycles. The maximum absolute atomic E-state index is 12.9. The maximum Gasteiger partial charge on any atom is 0.407 e. The molecule has 1 unspecified atom stereocenters. The summed E-state index contributed by atoms with van der Waals surface area (Å²) in [7, 11) is 0. The molecule has 2 atom stereocenters. The third-order valence-corrected chi connectivity index (χ3v) is 7.82. The highest BCUT2D eigenvalue weighted by Crippen LogP contribution is 2.46. The SMILES string of the molecule is CCOc1ccc(-c2ccc3c(c2)CC(C)(C)C3NC(=O)O[C@@H]2CN3CCC2CC3)c(C)c1. The van der Waals surface area contributed by atoms with Gasteiger partial charge in [0.15, 0.2) is 0 Å². The Morgan fingerprint density at radius 3 is 2.61 bits per heavy atom. The van der Waals surface area contributed by atoms with Gasteiger partial charge in [-0.15, -0.1) is 0 Å². The summed E-state index contributed by atoms with van der Waals surface area (Å²) in [6.07, 6.45) is 2.97. The molecule has 2 bridgehead atoms. The Kier molecular flexibility index (Phi) is 5.86. The van der Waals surface area contributed by atoms with Crippen molar-refractivity contribution in [1.82, 2.24) is 10.2 Å². The van der Waals surface area contributed by atoms with Gasteiger partial charge in [-0.3, -0.25) is 4.90 Å². The fourth-order valence-corrected chi connectivity index (χ4v) is 6.05. The van der Waals surface area contributed by atoms with Crippen molar-refractivity contribution in [3.63, 3.8) is 0 Å². The van der Waals surface area contributed by atoms with Crippen molar-refractivity contribution in [2.75, 3.05) is 26.2 Å². The number of aryl methyl sites for hydroxylation is 1. The summed E-state index contributed by atoms with van der Waals surface area (Å²) in [5, 5.41) is 3.23. The fraction of sp³-hybridized carbons (Fsp3) is 0.536.